The number of anilines is 3. The molecule has 2 aromatic heterocycles. The Morgan fingerprint density at radius 1 is 1.33 bits per heavy atom. The summed E-state index contributed by atoms with van der Waals surface area (Å²) in [6, 6.07) is 7.30. The predicted octanol–water partition coefficient (Wildman–Crippen LogP) is 1.30. The van der Waals surface area contributed by atoms with Crippen molar-refractivity contribution in [2.75, 3.05) is 18.2 Å². The van der Waals surface area contributed by atoms with Crippen LogP contribution in [0.25, 0.3) is 11.3 Å². The fourth-order valence-corrected chi connectivity index (χ4v) is 2.27. The zero-order valence-corrected chi connectivity index (χ0v) is 12.8. The van der Waals surface area contributed by atoms with Crippen LogP contribution in [-0.4, -0.2) is 33.2 Å². The largest absolute Gasteiger partial charge is 0.494 e. The molecule has 9 nitrogen and oxygen atoms in total. The number of nitrogens with two attached hydrogens (primary N) is 2. The Kier molecular flexibility index (Phi) is 3.98. The van der Waals surface area contributed by atoms with Crippen molar-refractivity contribution in [2.45, 2.75) is 0 Å². The molecule has 3 rings (SSSR count). The van der Waals surface area contributed by atoms with Crippen molar-refractivity contribution in [2.24, 2.45) is 5.73 Å². The van der Waals surface area contributed by atoms with Crippen LogP contribution in [0.15, 0.2) is 36.7 Å². The van der Waals surface area contributed by atoms with Gasteiger partial charge in [0.1, 0.15) is 11.4 Å². The maximum atomic E-state index is 11.5. The molecule has 3 aromatic rings. The van der Waals surface area contributed by atoms with Crippen molar-refractivity contribution in [3.8, 4) is 17.0 Å². The Labute approximate surface area is 137 Å². The minimum Gasteiger partial charge on any atom is -0.494 e. The molecule has 0 atom stereocenters. The molecule has 0 aliphatic carbocycles. The normalized spacial score (nSPS) is 10.4. The van der Waals surface area contributed by atoms with Gasteiger partial charge in [-0.2, -0.15) is 10.1 Å². The van der Waals surface area contributed by atoms with E-state index >= 15 is 0 Å². The van der Waals surface area contributed by atoms with Gasteiger partial charge in [-0.1, -0.05) is 6.07 Å². The summed E-state index contributed by atoms with van der Waals surface area (Å²) in [6.07, 6.45) is 2.92. The zero-order valence-electron chi connectivity index (χ0n) is 12.8. The summed E-state index contributed by atoms with van der Waals surface area (Å²) in [5.74, 6) is 0.108. The first-order chi connectivity index (χ1) is 11.6. The third-order valence-corrected chi connectivity index (χ3v) is 3.34. The maximum Gasteiger partial charge on any atom is 0.254 e. The van der Waals surface area contributed by atoms with Gasteiger partial charge in [0.2, 0.25) is 5.95 Å². The number of primary amides is 1. The number of carbonyl (C=O) groups is 1. The van der Waals surface area contributed by atoms with Crippen LogP contribution < -0.4 is 21.5 Å². The molecule has 0 aliphatic rings. The average molecular weight is 325 g/mol. The lowest BCUT2D eigenvalue weighted by Gasteiger charge is -2.15. The number of carbonyl (C=O) groups excluding carboxylic acids is 1. The second-order valence-corrected chi connectivity index (χ2v) is 4.84. The van der Waals surface area contributed by atoms with Crippen molar-refractivity contribution in [3.05, 3.63) is 42.2 Å². The van der Waals surface area contributed by atoms with Gasteiger partial charge in [0.25, 0.3) is 5.91 Å². The molecule has 0 spiro atoms. The van der Waals surface area contributed by atoms with Gasteiger partial charge in [-0.3, -0.25) is 9.89 Å². The first-order valence-corrected chi connectivity index (χ1v) is 6.96. The van der Waals surface area contributed by atoms with Gasteiger partial charge < -0.3 is 21.5 Å². The number of rotatable bonds is 5. The van der Waals surface area contributed by atoms with Crippen molar-refractivity contribution < 1.29 is 9.53 Å². The van der Waals surface area contributed by atoms with Crippen LogP contribution in [0.3, 0.4) is 0 Å². The van der Waals surface area contributed by atoms with Gasteiger partial charge >= 0.3 is 0 Å². The lowest BCUT2D eigenvalue weighted by molar-refractivity contribution is 0.100. The fourth-order valence-electron chi connectivity index (χ4n) is 2.27. The van der Waals surface area contributed by atoms with E-state index in [1.54, 1.807) is 19.4 Å². The van der Waals surface area contributed by atoms with E-state index in [4.69, 9.17) is 16.2 Å². The number of hydrogen-bond donors (Lipinski definition) is 4. The summed E-state index contributed by atoms with van der Waals surface area (Å²) in [5, 5.41) is 9.84. The molecule has 122 valence electrons. The van der Waals surface area contributed by atoms with Crippen LogP contribution in [-0.2, 0) is 0 Å². The number of para-hydroxylation sites is 1. The number of aromatic amines is 1. The van der Waals surface area contributed by atoms with Gasteiger partial charge in [-0.25, -0.2) is 4.98 Å². The molecule has 0 fully saturated rings. The summed E-state index contributed by atoms with van der Waals surface area (Å²) >= 11 is 0. The summed E-state index contributed by atoms with van der Waals surface area (Å²) in [7, 11) is 1.55. The molecule has 0 saturated heterocycles. The number of methoxy groups -OCH3 is 1. The Morgan fingerprint density at radius 3 is 2.83 bits per heavy atom. The highest BCUT2D eigenvalue weighted by Gasteiger charge is 2.16. The molecule has 0 unspecified atom stereocenters. The quantitative estimate of drug-likeness (QED) is 0.553. The molecule has 0 saturated carbocycles. The fraction of sp³-hybridized carbons (Fsp3) is 0.0667. The predicted molar refractivity (Wildman–Crippen MR) is 88.8 cm³/mol. The van der Waals surface area contributed by atoms with E-state index in [0.29, 0.717) is 11.4 Å². The minimum absolute atomic E-state index is 0.0196. The van der Waals surface area contributed by atoms with Crippen LogP contribution in [0.1, 0.15) is 10.4 Å². The number of nitrogen functional groups attached to an aromatic ring is 1. The topological polar surface area (TPSA) is 145 Å². The maximum absolute atomic E-state index is 11.5. The van der Waals surface area contributed by atoms with E-state index in [2.05, 4.69) is 25.5 Å². The number of nitrogens with zero attached hydrogens (tertiary/aromatic N) is 3. The van der Waals surface area contributed by atoms with E-state index in [1.807, 2.05) is 18.2 Å². The van der Waals surface area contributed by atoms with Gasteiger partial charge in [-0.05, 0) is 18.2 Å². The van der Waals surface area contributed by atoms with Gasteiger partial charge in [-0.15, -0.1) is 0 Å². The standard InChI is InChI=1S/C15H15N7O2/c1-24-12-8(10-5-6-19-22-10)3-2-4-11(12)20-14-9(13(16)23)7-18-15(17)21-14/h2-7H,1H3,(H2,16,23)(H,19,22)(H3,17,18,20,21). The second kappa shape index (κ2) is 6.24. The first kappa shape index (κ1) is 15.3. The van der Waals surface area contributed by atoms with Gasteiger partial charge in [0, 0.05) is 18.0 Å². The van der Waals surface area contributed by atoms with Crippen LogP contribution in [0.4, 0.5) is 17.5 Å². The Balaban J connectivity index is 2.07. The van der Waals surface area contributed by atoms with Crippen LogP contribution in [0, 0.1) is 0 Å². The van der Waals surface area contributed by atoms with Crippen LogP contribution >= 0.6 is 0 Å². The number of hydrogen-bond acceptors (Lipinski definition) is 7. The Hall–Kier alpha value is -3.62. The van der Waals surface area contributed by atoms with Crippen molar-refractivity contribution >= 4 is 23.4 Å². The average Bonchev–Trinajstić information content (AvgIpc) is 3.08. The molecule has 0 bridgehead atoms. The monoisotopic (exact) mass is 325 g/mol. The lowest BCUT2D eigenvalue weighted by Crippen LogP contribution is -2.16. The number of benzene rings is 1. The van der Waals surface area contributed by atoms with E-state index in [0.717, 1.165) is 11.3 Å². The molecule has 0 radical (unpaired) electrons. The summed E-state index contributed by atoms with van der Waals surface area (Å²) in [6.45, 7) is 0. The van der Waals surface area contributed by atoms with Crippen molar-refractivity contribution in [3.63, 3.8) is 0 Å². The zero-order chi connectivity index (χ0) is 17.1. The van der Waals surface area contributed by atoms with Gasteiger partial charge in [0.05, 0.1) is 18.5 Å². The first-order valence-electron chi connectivity index (χ1n) is 6.96. The molecule has 2 heterocycles. The molecule has 6 N–H and O–H groups in total. The van der Waals surface area contributed by atoms with Crippen molar-refractivity contribution in [1.29, 1.82) is 0 Å². The highest BCUT2D eigenvalue weighted by atomic mass is 16.5. The smallest absolute Gasteiger partial charge is 0.254 e. The number of amides is 1. The molecular weight excluding hydrogens is 310 g/mol. The van der Waals surface area contributed by atoms with E-state index in [9.17, 15) is 4.79 Å². The molecule has 1 aromatic carbocycles. The van der Waals surface area contributed by atoms with Crippen LogP contribution in [0.5, 0.6) is 5.75 Å². The Bertz CT molecular complexity index is 878. The molecule has 1 amide bonds. The molecule has 9 heteroatoms. The molecule has 0 aliphatic heterocycles. The molecule has 24 heavy (non-hydrogen) atoms. The van der Waals surface area contributed by atoms with E-state index in [-0.39, 0.29) is 17.3 Å². The second-order valence-electron chi connectivity index (χ2n) is 4.84. The summed E-state index contributed by atoms with van der Waals surface area (Å²) in [5.41, 5.74) is 13.2. The molecular formula is C15H15N7O2. The third kappa shape index (κ3) is 2.82. The van der Waals surface area contributed by atoms with Gasteiger partial charge in [0.15, 0.2) is 5.75 Å². The Morgan fingerprint density at radius 2 is 2.17 bits per heavy atom. The summed E-state index contributed by atoms with van der Waals surface area (Å²) in [4.78, 5) is 19.4. The SMILES string of the molecule is COc1c(Nc2nc(N)ncc2C(N)=O)cccc1-c1ccn[nH]1. The number of aromatic nitrogens is 4. The number of H-pyrrole nitrogens is 1. The minimum atomic E-state index is -0.666. The highest BCUT2D eigenvalue weighted by molar-refractivity contribution is 5.98. The lowest BCUT2D eigenvalue weighted by atomic mass is 10.1. The van der Waals surface area contributed by atoms with E-state index in [1.165, 1.54) is 6.20 Å². The van der Waals surface area contributed by atoms with E-state index < -0.39 is 5.91 Å². The number of nitrogens with one attached hydrogen (secondary N) is 2. The summed E-state index contributed by atoms with van der Waals surface area (Å²) < 4.78 is 5.50. The van der Waals surface area contributed by atoms with Crippen molar-refractivity contribution in [1.82, 2.24) is 20.2 Å². The number of ether oxygens (including phenoxy) is 1. The third-order valence-electron chi connectivity index (χ3n) is 3.34. The van der Waals surface area contributed by atoms with Crippen LogP contribution in [0.2, 0.25) is 0 Å². The highest BCUT2D eigenvalue weighted by Crippen LogP contribution is 2.37.